The number of hydrogen-bond donors (Lipinski definition) is 0. The number of carbonyl (C=O) groups is 2. The Morgan fingerprint density at radius 3 is 1.02 bits per heavy atom. The zero-order chi connectivity index (χ0) is 40.8. The second kappa shape index (κ2) is 18.9. The van der Waals surface area contributed by atoms with Crippen molar-refractivity contribution >= 4 is 58.2 Å². The summed E-state index contributed by atoms with van der Waals surface area (Å²) in [5.74, 6) is -0.0982. The van der Waals surface area contributed by atoms with Crippen LogP contribution in [-0.4, -0.2) is 57.9 Å². The molecule has 8 rings (SSSR count). The van der Waals surface area contributed by atoms with Crippen molar-refractivity contribution in [3.05, 3.63) is 200 Å². The van der Waals surface area contributed by atoms with Crippen LogP contribution in [0.2, 0.25) is 20.1 Å². The molecule has 58 heavy (non-hydrogen) atoms. The minimum Gasteiger partial charge on any atom is -0.358 e. The van der Waals surface area contributed by atoms with Crippen LogP contribution in [0.25, 0.3) is 0 Å². The largest absolute Gasteiger partial charge is 0.358 e. The highest BCUT2D eigenvalue weighted by molar-refractivity contribution is 6.31. The Morgan fingerprint density at radius 2 is 0.724 bits per heavy atom. The number of rotatable bonds is 8. The molecule has 2 fully saturated rings. The Morgan fingerprint density at radius 1 is 0.448 bits per heavy atom. The summed E-state index contributed by atoms with van der Waals surface area (Å²) in [4.78, 5) is 37.9. The summed E-state index contributed by atoms with van der Waals surface area (Å²) >= 11 is 24.3. The van der Waals surface area contributed by atoms with Crippen molar-refractivity contribution < 1.29 is 19.1 Å². The van der Waals surface area contributed by atoms with Gasteiger partial charge in [0.15, 0.2) is 0 Å². The van der Waals surface area contributed by atoms with Crippen LogP contribution in [0.3, 0.4) is 0 Å². The molecule has 0 saturated carbocycles. The molecule has 0 aliphatic carbocycles. The average molecular weight is 855 g/mol. The quantitative estimate of drug-likeness (QED) is 0.152. The van der Waals surface area contributed by atoms with Gasteiger partial charge in [-0.1, -0.05) is 94.9 Å². The molecule has 0 N–H and O–H groups in total. The van der Waals surface area contributed by atoms with Gasteiger partial charge in [0.1, 0.15) is 24.4 Å². The van der Waals surface area contributed by atoms with E-state index in [1.807, 2.05) is 135 Å². The first-order valence-corrected chi connectivity index (χ1v) is 20.2. The van der Waals surface area contributed by atoms with Crippen LogP contribution in [0.4, 0.5) is 0 Å². The number of carbonyl (C=O) groups excluding carboxylic acids is 2. The van der Waals surface area contributed by atoms with Crippen molar-refractivity contribution in [2.75, 3.05) is 14.1 Å². The SMILES string of the molecule is CN1C(=O)[C@@H](Cc2ccncc2)O[C@H](c2ccc(Cl)cc2)C1c1ccc(Cl)cc1.CN1C(=O)[C@H](Cc2ccncc2)O[C@@H](c2ccc(Cl)cc2)C1c1ccc(Cl)cc1. The molecule has 6 aromatic rings. The van der Waals surface area contributed by atoms with Crippen molar-refractivity contribution in [2.45, 2.75) is 49.3 Å². The maximum absolute atomic E-state index is 13.1. The van der Waals surface area contributed by atoms with Gasteiger partial charge >= 0.3 is 0 Å². The van der Waals surface area contributed by atoms with E-state index in [1.54, 1.807) is 34.6 Å². The van der Waals surface area contributed by atoms with Gasteiger partial charge in [-0.3, -0.25) is 19.6 Å². The number of aromatic nitrogens is 2. The number of benzene rings is 4. The molecule has 2 aliphatic heterocycles. The van der Waals surface area contributed by atoms with E-state index in [1.165, 1.54) is 0 Å². The summed E-state index contributed by atoms with van der Waals surface area (Å²) in [6.07, 6.45) is 6.05. The van der Waals surface area contributed by atoms with Gasteiger partial charge in [-0.15, -0.1) is 0 Å². The molecule has 2 unspecified atom stereocenters. The molecule has 4 heterocycles. The predicted octanol–water partition coefficient (Wildman–Crippen LogP) is 10.5. The molecule has 2 saturated heterocycles. The summed E-state index contributed by atoms with van der Waals surface area (Å²) in [6.45, 7) is 0. The molecule has 2 amide bonds. The second-order valence-corrected chi connectivity index (χ2v) is 15.9. The molecule has 0 radical (unpaired) electrons. The Hall–Kier alpha value is -4.80. The lowest BCUT2D eigenvalue weighted by Gasteiger charge is -2.43. The zero-order valence-electron chi connectivity index (χ0n) is 31.7. The summed E-state index contributed by atoms with van der Waals surface area (Å²) in [5.41, 5.74) is 5.88. The van der Waals surface area contributed by atoms with Gasteiger partial charge in [0.25, 0.3) is 11.8 Å². The fourth-order valence-corrected chi connectivity index (χ4v) is 7.94. The molecule has 0 spiro atoms. The molecular weight excluding hydrogens is 814 g/mol. The maximum atomic E-state index is 13.1. The van der Waals surface area contributed by atoms with Gasteiger partial charge in [0, 0.05) is 71.8 Å². The third-order valence-corrected chi connectivity index (χ3v) is 11.4. The lowest BCUT2D eigenvalue weighted by molar-refractivity contribution is -0.171. The van der Waals surface area contributed by atoms with Crippen molar-refractivity contribution in [3.8, 4) is 0 Å². The normalized spacial score (nSPS) is 22.0. The number of ether oxygens (including phenoxy) is 2. The molecule has 6 atom stereocenters. The smallest absolute Gasteiger partial charge is 0.252 e. The molecule has 12 heteroatoms. The number of halogens is 4. The van der Waals surface area contributed by atoms with Gasteiger partial charge in [0.05, 0.1) is 12.1 Å². The Labute approximate surface area is 358 Å². The van der Waals surface area contributed by atoms with E-state index in [2.05, 4.69) is 9.97 Å². The molecular formula is C46H40Cl4N4O4. The van der Waals surface area contributed by atoms with Crippen molar-refractivity contribution in [1.82, 2.24) is 19.8 Å². The van der Waals surface area contributed by atoms with Crippen LogP contribution < -0.4 is 0 Å². The number of hydrogen-bond acceptors (Lipinski definition) is 6. The Balaban J connectivity index is 0.000000177. The van der Waals surface area contributed by atoms with Crippen LogP contribution in [0, 0.1) is 0 Å². The highest BCUT2D eigenvalue weighted by Gasteiger charge is 2.43. The zero-order valence-corrected chi connectivity index (χ0v) is 34.7. The van der Waals surface area contributed by atoms with Crippen LogP contribution in [0.1, 0.15) is 57.7 Å². The highest BCUT2D eigenvalue weighted by atomic mass is 35.5. The van der Waals surface area contributed by atoms with Crippen LogP contribution in [-0.2, 0) is 31.9 Å². The van der Waals surface area contributed by atoms with Gasteiger partial charge in [-0.25, -0.2) is 0 Å². The van der Waals surface area contributed by atoms with E-state index in [0.717, 1.165) is 33.4 Å². The van der Waals surface area contributed by atoms with E-state index in [-0.39, 0.29) is 36.1 Å². The summed E-state index contributed by atoms with van der Waals surface area (Å²) in [7, 11) is 3.65. The van der Waals surface area contributed by atoms with E-state index < -0.39 is 12.2 Å². The molecule has 296 valence electrons. The van der Waals surface area contributed by atoms with Crippen molar-refractivity contribution in [2.24, 2.45) is 0 Å². The Kier molecular flexibility index (Phi) is 13.4. The van der Waals surface area contributed by atoms with Gasteiger partial charge < -0.3 is 19.3 Å². The fourth-order valence-electron chi connectivity index (χ4n) is 7.43. The standard InChI is InChI=1S/2C23H20Cl2N2O2/c2*1-27-21(16-2-6-18(24)7-3-16)22(17-4-8-19(25)9-5-17)29-20(23(27)28)14-15-10-12-26-13-11-15/h2*2-13,20-22H,14H2,1H3/t2*20-,21?,22-/m10/s1. The fraction of sp³-hybridized carbons (Fsp3) is 0.217. The number of morpholine rings is 2. The molecule has 2 aromatic heterocycles. The monoisotopic (exact) mass is 852 g/mol. The summed E-state index contributed by atoms with van der Waals surface area (Å²) in [5, 5.41) is 2.62. The molecule has 2 aliphatic rings. The summed E-state index contributed by atoms with van der Waals surface area (Å²) < 4.78 is 12.8. The van der Waals surface area contributed by atoms with E-state index in [9.17, 15) is 9.59 Å². The van der Waals surface area contributed by atoms with Gasteiger partial charge in [-0.2, -0.15) is 0 Å². The average Bonchev–Trinajstić information content (AvgIpc) is 3.24. The van der Waals surface area contributed by atoms with Crippen molar-refractivity contribution in [3.63, 3.8) is 0 Å². The minimum atomic E-state index is -0.577. The third kappa shape index (κ3) is 9.72. The number of nitrogens with zero attached hydrogens (tertiary/aromatic N) is 4. The molecule has 4 aromatic carbocycles. The number of amides is 2. The molecule has 8 nitrogen and oxygen atoms in total. The third-order valence-electron chi connectivity index (χ3n) is 10.4. The number of likely N-dealkylation sites (N-methyl/N-ethyl adjacent to an activating group) is 2. The lowest BCUT2D eigenvalue weighted by atomic mass is 9.91. The van der Waals surface area contributed by atoms with E-state index in [0.29, 0.717) is 32.9 Å². The van der Waals surface area contributed by atoms with Gasteiger partial charge in [0.2, 0.25) is 0 Å². The first-order chi connectivity index (χ1) is 28.0. The van der Waals surface area contributed by atoms with E-state index >= 15 is 0 Å². The van der Waals surface area contributed by atoms with Crippen LogP contribution >= 0.6 is 46.4 Å². The highest BCUT2D eigenvalue weighted by Crippen LogP contribution is 2.43. The van der Waals surface area contributed by atoms with Gasteiger partial charge in [-0.05, 0) is 106 Å². The van der Waals surface area contributed by atoms with E-state index in [4.69, 9.17) is 55.9 Å². The first kappa shape index (κ1) is 41.4. The minimum absolute atomic E-state index is 0.0491. The van der Waals surface area contributed by atoms with Crippen LogP contribution in [0.15, 0.2) is 146 Å². The predicted molar refractivity (Wildman–Crippen MR) is 228 cm³/mol. The van der Waals surface area contributed by atoms with Crippen LogP contribution in [0.5, 0.6) is 0 Å². The second-order valence-electron chi connectivity index (χ2n) is 14.2. The maximum Gasteiger partial charge on any atom is 0.252 e. The lowest BCUT2D eigenvalue weighted by Crippen LogP contribution is -2.49. The summed E-state index contributed by atoms with van der Waals surface area (Å²) in [6, 6.07) is 37.3. The molecule has 0 bridgehead atoms. The first-order valence-electron chi connectivity index (χ1n) is 18.7. The Bertz CT molecular complexity index is 2120. The van der Waals surface area contributed by atoms with Crippen molar-refractivity contribution in [1.29, 1.82) is 0 Å². The number of pyridine rings is 2. The topological polar surface area (TPSA) is 84.9 Å².